The summed E-state index contributed by atoms with van der Waals surface area (Å²) in [6.07, 6.45) is 8.72. The predicted octanol–water partition coefficient (Wildman–Crippen LogP) is 2.97. The van der Waals surface area contributed by atoms with E-state index < -0.39 is 0 Å². The van der Waals surface area contributed by atoms with E-state index in [0.717, 1.165) is 24.5 Å². The second kappa shape index (κ2) is 6.02. The number of hydrogen-bond acceptors (Lipinski definition) is 2. The lowest BCUT2D eigenvalue weighted by atomic mass is 9.83. The summed E-state index contributed by atoms with van der Waals surface area (Å²) in [5.74, 6) is 1.68. The highest BCUT2D eigenvalue weighted by atomic mass is 16.5. The summed E-state index contributed by atoms with van der Waals surface area (Å²) in [5, 5.41) is 3.80. The molecule has 0 aromatic carbocycles. The summed E-state index contributed by atoms with van der Waals surface area (Å²) in [6, 6.07) is 0.722. The van der Waals surface area contributed by atoms with Gasteiger partial charge in [-0.3, -0.25) is 0 Å². The number of hydrogen-bond donors (Lipinski definition) is 1. The van der Waals surface area contributed by atoms with E-state index in [1.807, 2.05) is 0 Å². The second-order valence-corrected chi connectivity index (χ2v) is 5.55. The van der Waals surface area contributed by atoms with Gasteiger partial charge in [0.1, 0.15) is 0 Å². The van der Waals surface area contributed by atoms with Crippen LogP contribution in [0.1, 0.15) is 52.4 Å². The van der Waals surface area contributed by atoms with Gasteiger partial charge in [-0.2, -0.15) is 0 Å². The molecule has 0 radical (unpaired) electrons. The molecule has 1 N–H and O–H groups in total. The molecule has 2 heteroatoms. The minimum Gasteiger partial charge on any atom is -0.378 e. The molecule has 1 heterocycles. The van der Waals surface area contributed by atoms with Gasteiger partial charge >= 0.3 is 0 Å². The van der Waals surface area contributed by atoms with Crippen molar-refractivity contribution in [3.05, 3.63) is 0 Å². The SMILES string of the molecule is CCCNC(C1CCCC1)C1CCOC1C. The summed E-state index contributed by atoms with van der Waals surface area (Å²) >= 11 is 0. The Morgan fingerprint density at radius 2 is 2.00 bits per heavy atom. The van der Waals surface area contributed by atoms with E-state index in [4.69, 9.17) is 4.74 Å². The van der Waals surface area contributed by atoms with E-state index in [1.165, 1.54) is 45.1 Å². The standard InChI is InChI=1S/C14H27NO/c1-3-9-15-14(12-6-4-5-7-12)13-8-10-16-11(13)2/h11-15H,3-10H2,1-2H3. The molecule has 1 aliphatic carbocycles. The van der Waals surface area contributed by atoms with Gasteiger partial charge in [-0.1, -0.05) is 19.8 Å². The van der Waals surface area contributed by atoms with E-state index in [0.29, 0.717) is 6.10 Å². The number of rotatable bonds is 5. The first-order valence-corrected chi connectivity index (χ1v) is 7.18. The zero-order valence-electron chi connectivity index (χ0n) is 10.9. The smallest absolute Gasteiger partial charge is 0.0590 e. The van der Waals surface area contributed by atoms with Crippen molar-refractivity contribution in [3.8, 4) is 0 Å². The van der Waals surface area contributed by atoms with Crippen molar-refractivity contribution in [2.45, 2.75) is 64.5 Å². The van der Waals surface area contributed by atoms with Crippen LogP contribution in [-0.4, -0.2) is 25.3 Å². The Morgan fingerprint density at radius 3 is 2.56 bits per heavy atom. The summed E-state index contributed by atoms with van der Waals surface area (Å²) < 4.78 is 5.75. The molecule has 16 heavy (non-hydrogen) atoms. The molecule has 3 atom stereocenters. The lowest BCUT2D eigenvalue weighted by molar-refractivity contribution is 0.0866. The van der Waals surface area contributed by atoms with Crippen molar-refractivity contribution in [3.63, 3.8) is 0 Å². The van der Waals surface area contributed by atoms with Crippen LogP contribution in [0.15, 0.2) is 0 Å². The van der Waals surface area contributed by atoms with E-state index in [2.05, 4.69) is 19.2 Å². The van der Waals surface area contributed by atoms with Gasteiger partial charge in [0.2, 0.25) is 0 Å². The maximum atomic E-state index is 5.75. The molecule has 1 aliphatic heterocycles. The summed E-state index contributed by atoms with van der Waals surface area (Å²) in [4.78, 5) is 0. The Morgan fingerprint density at radius 1 is 1.25 bits per heavy atom. The molecule has 1 saturated heterocycles. The highest BCUT2D eigenvalue weighted by Gasteiger charge is 2.36. The van der Waals surface area contributed by atoms with Gasteiger partial charge in [-0.05, 0) is 45.1 Å². The summed E-state index contributed by atoms with van der Waals surface area (Å²) in [7, 11) is 0. The third-order valence-corrected chi connectivity index (χ3v) is 4.43. The maximum absolute atomic E-state index is 5.75. The third-order valence-electron chi connectivity index (χ3n) is 4.43. The van der Waals surface area contributed by atoms with Crippen molar-refractivity contribution in [2.75, 3.05) is 13.2 Å². The largest absolute Gasteiger partial charge is 0.378 e. The summed E-state index contributed by atoms with van der Waals surface area (Å²) in [5.41, 5.74) is 0. The molecule has 2 aliphatic rings. The van der Waals surface area contributed by atoms with Crippen LogP contribution in [0.3, 0.4) is 0 Å². The zero-order chi connectivity index (χ0) is 11.4. The fourth-order valence-electron chi connectivity index (χ4n) is 3.51. The van der Waals surface area contributed by atoms with Gasteiger partial charge in [0, 0.05) is 18.6 Å². The van der Waals surface area contributed by atoms with E-state index in [9.17, 15) is 0 Å². The van der Waals surface area contributed by atoms with Crippen LogP contribution in [0, 0.1) is 11.8 Å². The highest BCUT2D eigenvalue weighted by molar-refractivity contribution is 4.90. The van der Waals surface area contributed by atoms with Crippen LogP contribution in [0.5, 0.6) is 0 Å². The Hall–Kier alpha value is -0.0800. The van der Waals surface area contributed by atoms with Gasteiger partial charge < -0.3 is 10.1 Å². The van der Waals surface area contributed by atoms with Crippen molar-refractivity contribution < 1.29 is 4.74 Å². The van der Waals surface area contributed by atoms with Gasteiger partial charge in [0.05, 0.1) is 6.10 Å². The first-order chi connectivity index (χ1) is 7.83. The molecular weight excluding hydrogens is 198 g/mol. The Balaban J connectivity index is 1.95. The maximum Gasteiger partial charge on any atom is 0.0590 e. The molecule has 2 rings (SSSR count). The molecule has 0 amide bonds. The van der Waals surface area contributed by atoms with Crippen LogP contribution in [0.25, 0.3) is 0 Å². The first kappa shape index (κ1) is 12.4. The van der Waals surface area contributed by atoms with Crippen LogP contribution >= 0.6 is 0 Å². The highest BCUT2D eigenvalue weighted by Crippen LogP contribution is 2.35. The van der Waals surface area contributed by atoms with Crippen LogP contribution in [-0.2, 0) is 4.74 Å². The minimum absolute atomic E-state index is 0.468. The van der Waals surface area contributed by atoms with Crippen molar-refractivity contribution in [2.24, 2.45) is 11.8 Å². The van der Waals surface area contributed by atoms with Crippen molar-refractivity contribution >= 4 is 0 Å². The van der Waals surface area contributed by atoms with Crippen LogP contribution in [0.4, 0.5) is 0 Å². The molecular formula is C14H27NO. The lowest BCUT2D eigenvalue weighted by Gasteiger charge is -2.32. The fourth-order valence-corrected chi connectivity index (χ4v) is 3.51. The Labute approximate surface area is 100 Å². The monoisotopic (exact) mass is 225 g/mol. The van der Waals surface area contributed by atoms with E-state index >= 15 is 0 Å². The van der Waals surface area contributed by atoms with Crippen LogP contribution in [0.2, 0.25) is 0 Å². The number of ether oxygens (including phenoxy) is 1. The molecule has 2 fully saturated rings. The third kappa shape index (κ3) is 2.78. The summed E-state index contributed by atoms with van der Waals surface area (Å²) in [6.45, 7) is 6.66. The fraction of sp³-hybridized carbons (Fsp3) is 1.00. The molecule has 0 aromatic rings. The lowest BCUT2D eigenvalue weighted by Crippen LogP contribution is -2.44. The second-order valence-electron chi connectivity index (χ2n) is 5.55. The van der Waals surface area contributed by atoms with Gasteiger partial charge in [-0.25, -0.2) is 0 Å². The predicted molar refractivity (Wildman–Crippen MR) is 67.6 cm³/mol. The molecule has 94 valence electrons. The molecule has 0 bridgehead atoms. The molecule has 3 unspecified atom stereocenters. The number of nitrogens with one attached hydrogen (secondary N) is 1. The van der Waals surface area contributed by atoms with E-state index in [1.54, 1.807) is 0 Å². The topological polar surface area (TPSA) is 21.3 Å². The average Bonchev–Trinajstić information content (AvgIpc) is 2.91. The Bertz CT molecular complexity index is 201. The normalized spacial score (nSPS) is 33.4. The van der Waals surface area contributed by atoms with Gasteiger partial charge in [0.15, 0.2) is 0 Å². The average molecular weight is 225 g/mol. The molecule has 2 nitrogen and oxygen atoms in total. The molecule has 1 saturated carbocycles. The van der Waals surface area contributed by atoms with Crippen molar-refractivity contribution in [1.29, 1.82) is 0 Å². The van der Waals surface area contributed by atoms with Gasteiger partial charge in [0.25, 0.3) is 0 Å². The first-order valence-electron chi connectivity index (χ1n) is 7.18. The van der Waals surface area contributed by atoms with Crippen molar-refractivity contribution in [1.82, 2.24) is 5.32 Å². The van der Waals surface area contributed by atoms with E-state index in [-0.39, 0.29) is 0 Å². The molecule has 0 aromatic heterocycles. The van der Waals surface area contributed by atoms with Crippen LogP contribution < -0.4 is 5.32 Å². The molecule has 0 spiro atoms. The zero-order valence-corrected chi connectivity index (χ0v) is 10.9. The Kier molecular flexibility index (Phi) is 4.66. The van der Waals surface area contributed by atoms with Gasteiger partial charge in [-0.15, -0.1) is 0 Å². The minimum atomic E-state index is 0.468. The quantitative estimate of drug-likeness (QED) is 0.776.